The van der Waals surface area contributed by atoms with Crippen molar-refractivity contribution in [2.24, 2.45) is 0 Å². The Labute approximate surface area is 162 Å². The summed E-state index contributed by atoms with van der Waals surface area (Å²) >= 11 is 5.79. The van der Waals surface area contributed by atoms with E-state index in [9.17, 15) is 13.2 Å². The summed E-state index contributed by atoms with van der Waals surface area (Å²) in [6, 6.07) is 13.4. The van der Waals surface area contributed by atoms with Crippen LogP contribution in [-0.2, 0) is 21.2 Å². The molecular weight excluding hydrogens is 388 g/mol. The highest BCUT2D eigenvalue weighted by molar-refractivity contribution is 7.89. The van der Waals surface area contributed by atoms with Crippen molar-refractivity contribution in [2.45, 2.75) is 18.2 Å². The van der Waals surface area contributed by atoms with Crippen molar-refractivity contribution in [3.8, 4) is 0 Å². The molecule has 6 nitrogen and oxygen atoms in total. The number of H-pyrrole nitrogens is 1. The van der Waals surface area contributed by atoms with E-state index in [1.165, 1.54) is 24.3 Å². The number of fused-ring (bicyclic) bond motifs is 1. The van der Waals surface area contributed by atoms with E-state index in [0.717, 1.165) is 16.5 Å². The van der Waals surface area contributed by atoms with Gasteiger partial charge < -0.3 is 9.72 Å². The molecular formula is C19H19ClN2O4S. The Balaban J connectivity index is 1.66. The molecule has 1 heterocycles. The number of aromatic amines is 1. The SMILES string of the molecule is CCOC(=O)c1cc2cc(CCNS(=O)(=O)c3ccc(Cl)cc3)ccc2[nH]1. The maximum absolute atomic E-state index is 12.3. The van der Waals surface area contributed by atoms with Crippen LogP contribution >= 0.6 is 11.6 Å². The molecule has 0 aliphatic carbocycles. The summed E-state index contributed by atoms with van der Waals surface area (Å²) in [4.78, 5) is 15.0. The molecule has 3 aromatic rings. The topological polar surface area (TPSA) is 88.3 Å². The van der Waals surface area contributed by atoms with E-state index in [-0.39, 0.29) is 11.4 Å². The Kier molecular flexibility index (Phi) is 5.84. The van der Waals surface area contributed by atoms with Crippen molar-refractivity contribution >= 4 is 38.5 Å². The fraction of sp³-hybridized carbons (Fsp3) is 0.211. The van der Waals surface area contributed by atoms with Gasteiger partial charge in [-0.1, -0.05) is 17.7 Å². The molecule has 0 fully saturated rings. The molecule has 2 N–H and O–H groups in total. The van der Waals surface area contributed by atoms with E-state index in [1.54, 1.807) is 13.0 Å². The zero-order valence-electron chi connectivity index (χ0n) is 14.7. The highest BCUT2D eigenvalue weighted by Crippen LogP contribution is 2.19. The minimum atomic E-state index is -3.58. The summed E-state index contributed by atoms with van der Waals surface area (Å²) in [7, 11) is -3.58. The second kappa shape index (κ2) is 8.12. The number of carbonyl (C=O) groups excluding carboxylic acids is 1. The fourth-order valence-corrected chi connectivity index (χ4v) is 3.84. The molecule has 0 saturated heterocycles. The van der Waals surface area contributed by atoms with Crippen LogP contribution in [0.25, 0.3) is 10.9 Å². The first kappa shape index (κ1) is 19.4. The number of hydrogen-bond acceptors (Lipinski definition) is 4. The average molecular weight is 407 g/mol. The predicted molar refractivity (Wildman–Crippen MR) is 105 cm³/mol. The first-order chi connectivity index (χ1) is 12.9. The zero-order valence-corrected chi connectivity index (χ0v) is 16.2. The first-order valence-electron chi connectivity index (χ1n) is 8.43. The molecule has 0 atom stereocenters. The quantitative estimate of drug-likeness (QED) is 0.587. The van der Waals surface area contributed by atoms with Gasteiger partial charge in [0, 0.05) is 22.5 Å². The van der Waals surface area contributed by atoms with Crippen LogP contribution in [-0.4, -0.2) is 32.5 Å². The van der Waals surface area contributed by atoms with E-state index in [4.69, 9.17) is 16.3 Å². The lowest BCUT2D eigenvalue weighted by Crippen LogP contribution is -2.25. The van der Waals surface area contributed by atoms with E-state index >= 15 is 0 Å². The van der Waals surface area contributed by atoms with Crippen LogP contribution in [0.2, 0.25) is 5.02 Å². The van der Waals surface area contributed by atoms with Crippen molar-refractivity contribution in [1.82, 2.24) is 9.71 Å². The van der Waals surface area contributed by atoms with E-state index < -0.39 is 16.0 Å². The van der Waals surface area contributed by atoms with Gasteiger partial charge in [-0.05, 0) is 61.4 Å². The van der Waals surface area contributed by atoms with Crippen LogP contribution in [0.1, 0.15) is 23.0 Å². The Hall–Kier alpha value is -2.35. The molecule has 0 unspecified atom stereocenters. The normalized spacial score (nSPS) is 11.6. The fourth-order valence-electron chi connectivity index (χ4n) is 2.68. The molecule has 3 rings (SSSR count). The van der Waals surface area contributed by atoms with E-state index in [0.29, 0.717) is 23.7 Å². The van der Waals surface area contributed by atoms with Gasteiger partial charge in [-0.15, -0.1) is 0 Å². The van der Waals surface area contributed by atoms with Gasteiger partial charge in [-0.25, -0.2) is 17.9 Å². The average Bonchev–Trinajstić information content (AvgIpc) is 3.06. The third-order valence-electron chi connectivity index (χ3n) is 4.01. The highest BCUT2D eigenvalue weighted by Gasteiger charge is 2.14. The number of hydrogen-bond donors (Lipinski definition) is 2. The molecule has 0 spiro atoms. The summed E-state index contributed by atoms with van der Waals surface area (Å²) in [5, 5.41) is 1.35. The maximum atomic E-state index is 12.3. The van der Waals surface area contributed by atoms with E-state index in [1.807, 2.05) is 18.2 Å². The number of sulfonamides is 1. The van der Waals surface area contributed by atoms with Crippen LogP contribution in [0, 0.1) is 0 Å². The Morgan fingerprint density at radius 2 is 1.89 bits per heavy atom. The van der Waals surface area contributed by atoms with Gasteiger partial charge in [0.2, 0.25) is 10.0 Å². The lowest BCUT2D eigenvalue weighted by molar-refractivity contribution is 0.0520. The number of nitrogens with one attached hydrogen (secondary N) is 2. The second-order valence-electron chi connectivity index (χ2n) is 5.93. The van der Waals surface area contributed by atoms with Crippen molar-refractivity contribution in [2.75, 3.05) is 13.2 Å². The lowest BCUT2D eigenvalue weighted by Gasteiger charge is -2.07. The molecule has 27 heavy (non-hydrogen) atoms. The highest BCUT2D eigenvalue weighted by atomic mass is 35.5. The molecule has 2 aromatic carbocycles. The zero-order chi connectivity index (χ0) is 19.4. The molecule has 0 amide bonds. The Morgan fingerprint density at radius 3 is 2.59 bits per heavy atom. The van der Waals surface area contributed by atoms with Crippen LogP contribution < -0.4 is 4.72 Å². The molecule has 1 aromatic heterocycles. The largest absolute Gasteiger partial charge is 0.461 e. The number of benzene rings is 2. The summed E-state index contributed by atoms with van der Waals surface area (Å²) in [5.41, 5.74) is 2.17. The number of rotatable bonds is 7. The summed E-state index contributed by atoms with van der Waals surface area (Å²) in [5.74, 6) is -0.397. The number of aromatic nitrogens is 1. The van der Waals surface area contributed by atoms with Crippen LogP contribution in [0.5, 0.6) is 0 Å². The van der Waals surface area contributed by atoms with Gasteiger partial charge in [-0.2, -0.15) is 0 Å². The predicted octanol–water partition coefficient (Wildman–Crippen LogP) is 3.52. The van der Waals surface area contributed by atoms with Gasteiger partial charge in [0.25, 0.3) is 0 Å². The molecule has 0 radical (unpaired) electrons. The number of ether oxygens (including phenoxy) is 1. The molecule has 0 aliphatic rings. The monoisotopic (exact) mass is 406 g/mol. The standard InChI is InChI=1S/C19H19ClN2O4S/c1-2-26-19(23)18-12-14-11-13(3-8-17(14)22-18)9-10-21-27(24,25)16-6-4-15(20)5-7-16/h3-8,11-12,21-22H,2,9-10H2,1H3. The molecule has 0 saturated carbocycles. The lowest BCUT2D eigenvalue weighted by atomic mass is 10.1. The van der Waals surface area contributed by atoms with Crippen LogP contribution in [0.3, 0.4) is 0 Å². The number of carbonyl (C=O) groups is 1. The molecule has 0 bridgehead atoms. The summed E-state index contributed by atoms with van der Waals surface area (Å²) in [6.45, 7) is 2.32. The van der Waals surface area contributed by atoms with Gasteiger partial charge in [0.15, 0.2) is 0 Å². The van der Waals surface area contributed by atoms with Crippen LogP contribution in [0.4, 0.5) is 0 Å². The Bertz CT molecular complexity index is 1060. The molecule has 0 aliphatic heterocycles. The minimum absolute atomic E-state index is 0.173. The third-order valence-corrected chi connectivity index (χ3v) is 5.74. The maximum Gasteiger partial charge on any atom is 0.354 e. The van der Waals surface area contributed by atoms with Crippen molar-refractivity contribution in [3.63, 3.8) is 0 Å². The molecule has 142 valence electrons. The van der Waals surface area contributed by atoms with Gasteiger partial charge in [-0.3, -0.25) is 0 Å². The van der Waals surface area contributed by atoms with Crippen LogP contribution in [0.15, 0.2) is 53.4 Å². The van der Waals surface area contributed by atoms with Crippen molar-refractivity contribution in [3.05, 3.63) is 64.8 Å². The second-order valence-corrected chi connectivity index (χ2v) is 8.13. The number of halogens is 1. The Morgan fingerprint density at radius 1 is 1.15 bits per heavy atom. The van der Waals surface area contributed by atoms with Gasteiger partial charge in [0.1, 0.15) is 5.69 Å². The molecule has 8 heteroatoms. The van der Waals surface area contributed by atoms with Crippen molar-refractivity contribution < 1.29 is 17.9 Å². The summed E-state index contributed by atoms with van der Waals surface area (Å²) in [6.07, 6.45) is 0.517. The summed E-state index contributed by atoms with van der Waals surface area (Å²) < 4.78 is 32.1. The minimum Gasteiger partial charge on any atom is -0.461 e. The van der Waals surface area contributed by atoms with E-state index in [2.05, 4.69) is 9.71 Å². The first-order valence-corrected chi connectivity index (χ1v) is 10.3. The van der Waals surface area contributed by atoms with Gasteiger partial charge >= 0.3 is 5.97 Å². The van der Waals surface area contributed by atoms with Gasteiger partial charge in [0.05, 0.1) is 11.5 Å². The third kappa shape index (κ3) is 4.68. The number of esters is 1. The smallest absolute Gasteiger partial charge is 0.354 e. The van der Waals surface area contributed by atoms with Crippen molar-refractivity contribution in [1.29, 1.82) is 0 Å².